The van der Waals surface area contributed by atoms with Gasteiger partial charge in [0.05, 0.1) is 11.3 Å². The molecule has 1 amide bonds. The van der Waals surface area contributed by atoms with E-state index in [1.54, 1.807) is 0 Å². The minimum Gasteiger partial charge on any atom is -0.486 e. The van der Waals surface area contributed by atoms with Crippen LogP contribution in [0.3, 0.4) is 0 Å². The highest BCUT2D eigenvalue weighted by atomic mass is 16.5. The predicted molar refractivity (Wildman–Crippen MR) is 120 cm³/mol. The van der Waals surface area contributed by atoms with E-state index in [1.165, 1.54) is 0 Å². The number of aromatic nitrogens is 1. The highest BCUT2D eigenvalue weighted by Crippen LogP contribution is 2.40. The van der Waals surface area contributed by atoms with E-state index in [2.05, 4.69) is 48.1 Å². The van der Waals surface area contributed by atoms with Gasteiger partial charge in [0, 0.05) is 48.6 Å². The molecule has 0 bridgehead atoms. The average molecular weight is 407 g/mol. The van der Waals surface area contributed by atoms with E-state index >= 15 is 0 Å². The lowest BCUT2D eigenvalue weighted by molar-refractivity contribution is -0.110. The molecule has 0 spiro atoms. The summed E-state index contributed by atoms with van der Waals surface area (Å²) < 4.78 is 5.95. The molecule has 0 fully saturated rings. The number of pyridine rings is 1. The van der Waals surface area contributed by atoms with Gasteiger partial charge in [-0.3, -0.25) is 9.78 Å². The van der Waals surface area contributed by atoms with Crippen LogP contribution in [-0.2, 0) is 22.6 Å². The highest BCUT2D eigenvalue weighted by Gasteiger charge is 2.32. The first-order valence-electron chi connectivity index (χ1n) is 10.8. The third-order valence-electron chi connectivity index (χ3n) is 5.97. The van der Waals surface area contributed by atoms with Gasteiger partial charge in [0.15, 0.2) is 0 Å². The van der Waals surface area contributed by atoms with E-state index in [-0.39, 0.29) is 5.91 Å². The first-order chi connectivity index (χ1) is 14.6. The Kier molecular flexibility index (Phi) is 6.16. The number of likely N-dealkylation sites (N-methyl/N-ethyl adjacent to an activating group) is 2. The molecule has 1 aromatic carbocycles. The molecular formula is C24H30N4O2. The van der Waals surface area contributed by atoms with Crippen LogP contribution >= 0.6 is 0 Å². The lowest BCUT2D eigenvalue weighted by Gasteiger charge is -2.22. The number of ether oxygens (including phenoxy) is 1. The van der Waals surface area contributed by atoms with Crippen molar-refractivity contribution < 1.29 is 9.53 Å². The summed E-state index contributed by atoms with van der Waals surface area (Å²) >= 11 is 0. The molecule has 0 saturated heterocycles. The summed E-state index contributed by atoms with van der Waals surface area (Å²) in [6.45, 7) is 10.1. The molecule has 4 rings (SSSR count). The number of anilines is 1. The first-order valence-corrected chi connectivity index (χ1v) is 10.8. The smallest absolute Gasteiger partial charge is 0.260 e. The van der Waals surface area contributed by atoms with Crippen molar-refractivity contribution in [1.82, 2.24) is 14.8 Å². The third-order valence-corrected chi connectivity index (χ3v) is 5.97. The van der Waals surface area contributed by atoms with Crippen molar-refractivity contribution >= 4 is 22.9 Å². The molecule has 30 heavy (non-hydrogen) atoms. The number of rotatable bonds is 8. The third kappa shape index (κ3) is 4.11. The summed E-state index contributed by atoms with van der Waals surface area (Å²) in [5.41, 5.74) is 5.24. The van der Waals surface area contributed by atoms with Gasteiger partial charge in [-0.1, -0.05) is 32.0 Å². The number of carbonyl (C=O) groups is 1. The molecule has 6 heteroatoms. The maximum absolute atomic E-state index is 12.5. The second kappa shape index (κ2) is 8.98. The minimum atomic E-state index is -0.113. The zero-order valence-corrected chi connectivity index (χ0v) is 18.1. The van der Waals surface area contributed by atoms with E-state index in [1.807, 2.05) is 24.3 Å². The van der Waals surface area contributed by atoms with Crippen molar-refractivity contribution in [3.05, 3.63) is 58.9 Å². The number of benzene rings is 1. The van der Waals surface area contributed by atoms with E-state index in [4.69, 9.17) is 9.72 Å². The van der Waals surface area contributed by atoms with Gasteiger partial charge in [0.25, 0.3) is 5.91 Å². The second-order valence-electron chi connectivity index (χ2n) is 7.87. The number of amides is 1. The quantitative estimate of drug-likeness (QED) is 0.682. The number of carbonyl (C=O) groups excluding carboxylic acids is 1. The van der Waals surface area contributed by atoms with Crippen LogP contribution in [0.25, 0.3) is 11.3 Å². The SMILES string of the molecule is CCN(CC)CCN(C)CCc1ccc2c(n1)COC2=C1C(=O)Nc2ccccc21. The zero-order valence-electron chi connectivity index (χ0n) is 18.1. The Morgan fingerprint density at radius 3 is 2.63 bits per heavy atom. The summed E-state index contributed by atoms with van der Waals surface area (Å²) in [6.07, 6.45) is 0.900. The van der Waals surface area contributed by atoms with Gasteiger partial charge in [-0.05, 0) is 38.3 Å². The fourth-order valence-corrected chi connectivity index (χ4v) is 4.04. The summed E-state index contributed by atoms with van der Waals surface area (Å²) in [6, 6.07) is 11.8. The van der Waals surface area contributed by atoms with Crippen LogP contribution in [-0.4, -0.2) is 60.5 Å². The largest absolute Gasteiger partial charge is 0.486 e. The highest BCUT2D eigenvalue weighted by molar-refractivity contribution is 6.36. The fourth-order valence-electron chi connectivity index (χ4n) is 4.04. The van der Waals surface area contributed by atoms with E-state index in [0.29, 0.717) is 17.9 Å². The van der Waals surface area contributed by atoms with Crippen molar-refractivity contribution in [2.24, 2.45) is 0 Å². The molecule has 1 N–H and O–H groups in total. The van der Waals surface area contributed by atoms with E-state index in [0.717, 1.165) is 67.3 Å². The number of para-hydroxylation sites is 1. The molecule has 0 atom stereocenters. The van der Waals surface area contributed by atoms with Crippen LogP contribution in [0, 0.1) is 0 Å². The predicted octanol–water partition coefficient (Wildman–Crippen LogP) is 3.25. The standard InChI is InChI=1S/C24H30N4O2/c1-4-28(5-2)15-14-27(3)13-12-17-10-11-19-21(25-17)16-30-23(19)22-18-8-6-7-9-20(18)26-24(22)29/h6-11H,4-5,12-16H2,1-3H3,(H,26,29). The molecule has 3 heterocycles. The van der Waals surface area contributed by atoms with Crippen LogP contribution in [0.1, 0.15) is 36.4 Å². The lowest BCUT2D eigenvalue weighted by atomic mass is 10.0. The molecule has 0 radical (unpaired) electrons. The summed E-state index contributed by atoms with van der Waals surface area (Å²) in [5, 5.41) is 2.92. The van der Waals surface area contributed by atoms with Gasteiger partial charge < -0.3 is 19.9 Å². The van der Waals surface area contributed by atoms with Crippen molar-refractivity contribution in [2.45, 2.75) is 26.9 Å². The zero-order chi connectivity index (χ0) is 21.1. The average Bonchev–Trinajstić information content (AvgIpc) is 3.32. The van der Waals surface area contributed by atoms with Gasteiger partial charge in [-0.25, -0.2) is 0 Å². The Bertz CT molecular complexity index is 965. The van der Waals surface area contributed by atoms with Gasteiger partial charge in [0.1, 0.15) is 12.4 Å². The fraction of sp³-hybridized carbons (Fsp3) is 0.417. The molecule has 2 aliphatic heterocycles. The number of hydrogen-bond donors (Lipinski definition) is 1. The topological polar surface area (TPSA) is 57.7 Å². The molecular weight excluding hydrogens is 376 g/mol. The van der Waals surface area contributed by atoms with Crippen molar-refractivity contribution in [1.29, 1.82) is 0 Å². The van der Waals surface area contributed by atoms with Crippen LogP contribution < -0.4 is 5.32 Å². The Labute approximate surface area is 178 Å². The van der Waals surface area contributed by atoms with Crippen molar-refractivity contribution in [3.8, 4) is 0 Å². The molecule has 0 unspecified atom stereocenters. The van der Waals surface area contributed by atoms with Crippen LogP contribution in [0.2, 0.25) is 0 Å². The summed E-state index contributed by atoms with van der Waals surface area (Å²) in [4.78, 5) is 22.2. The number of nitrogens with zero attached hydrogens (tertiary/aromatic N) is 3. The number of hydrogen-bond acceptors (Lipinski definition) is 5. The minimum absolute atomic E-state index is 0.113. The van der Waals surface area contributed by atoms with Gasteiger partial charge in [0.2, 0.25) is 0 Å². The van der Waals surface area contributed by atoms with Gasteiger partial charge >= 0.3 is 0 Å². The van der Waals surface area contributed by atoms with E-state index in [9.17, 15) is 4.79 Å². The van der Waals surface area contributed by atoms with Crippen LogP contribution in [0.5, 0.6) is 0 Å². The Hall–Kier alpha value is -2.70. The second-order valence-corrected chi connectivity index (χ2v) is 7.87. The molecule has 6 nitrogen and oxygen atoms in total. The normalized spacial score (nSPS) is 17.3. The maximum Gasteiger partial charge on any atom is 0.260 e. The summed E-state index contributed by atoms with van der Waals surface area (Å²) in [5.74, 6) is 0.529. The molecule has 158 valence electrons. The maximum atomic E-state index is 12.5. The molecule has 0 saturated carbocycles. The molecule has 2 aliphatic rings. The summed E-state index contributed by atoms with van der Waals surface area (Å²) in [7, 11) is 2.17. The number of fused-ring (bicyclic) bond motifs is 2. The van der Waals surface area contributed by atoms with Crippen LogP contribution in [0.4, 0.5) is 5.69 Å². The monoisotopic (exact) mass is 406 g/mol. The van der Waals surface area contributed by atoms with Crippen molar-refractivity contribution in [3.63, 3.8) is 0 Å². The lowest BCUT2D eigenvalue weighted by Crippen LogP contribution is -2.34. The molecule has 0 aliphatic carbocycles. The van der Waals surface area contributed by atoms with E-state index < -0.39 is 0 Å². The Balaban J connectivity index is 1.45. The number of nitrogens with one attached hydrogen (secondary N) is 1. The van der Waals surface area contributed by atoms with Crippen LogP contribution in [0.15, 0.2) is 36.4 Å². The van der Waals surface area contributed by atoms with Gasteiger partial charge in [-0.15, -0.1) is 0 Å². The van der Waals surface area contributed by atoms with Crippen molar-refractivity contribution in [2.75, 3.05) is 45.1 Å². The molecule has 2 aromatic rings. The molecule has 1 aromatic heterocycles. The van der Waals surface area contributed by atoms with Gasteiger partial charge in [-0.2, -0.15) is 0 Å². The first kappa shape index (κ1) is 20.6. The Morgan fingerprint density at radius 2 is 1.83 bits per heavy atom. The Morgan fingerprint density at radius 1 is 1.03 bits per heavy atom.